The number of hydrogen-bond donors (Lipinski definition) is 1. The second-order valence-electron chi connectivity index (χ2n) is 4.29. The van der Waals surface area contributed by atoms with E-state index in [4.69, 9.17) is 5.11 Å². The van der Waals surface area contributed by atoms with E-state index in [2.05, 4.69) is 0 Å². The lowest BCUT2D eigenvalue weighted by Crippen LogP contribution is -2.07. The number of alkyl halides is 3. The number of rotatable bonds is 2. The Morgan fingerprint density at radius 3 is 2.00 bits per heavy atom. The highest BCUT2D eigenvalue weighted by atomic mass is 19.4. The van der Waals surface area contributed by atoms with Gasteiger partial charge in [0.15, 0.2) is 11.6 Å². The van der Waals surface area contributed by atoms with E-state index in [1.807, 2.05) is 0 Å². The van der Waals surface area contributed by atoms with Crippen LogP contribution in [0.15, 0.2) is 30.3 Å². The zero-order valence-electron chi connectivity index (χ0n) is 10.5. The fraction of sp³-hybridized carbons (Fsp3) is 0.0714. The van der Waals surface area contributed by atoms with Crippen molar-refractivity contribution in [3.8, 4) is 11.1 Å². The number of carboxylic acid groups (broad SMARTS) is 1. The number of hydrogen-bond acceptors (Lipinski definition) is 1. The lowest BCUT2D eigenvalue weighted by atomic mass is 10.0. The molecule has 0 spiro atoms. The van der Waals surface area contributed by atoms with Gasteiger partial charge in [0.2, 0.25) is 0 Å². The van der Waals surface area contributed by atoms with Gasteiger partial charge in [-0.15, -0.1) is 0 Å². The summed E-state index contributed by atoms with van der Waals surface area (Å²) in [5.74, 6) is -6.50. The largest absolute Gasteiger partial charge is 0.478 e. The molecular formula is C14H6F6O2. The number of aromatic carboxylic acids is 1. The highest BCUT2D eigenvalue weighted by Crippen LogP contribution is 2.34. The third-order valence-electron chi connectivity index (χ3n) is 2.90. The zero-order valence-corrected chi connectivity index (χ0v) is 10.5. The Bertz CT molecular complexity index is 752. The van der Waals surface area contributed by atoms with Crippen LogP contribution in [0, 0.1) is 17.5 Å². The Morgan fingerprint density at radius 2 is 1.50 bits per heavy atom. The van der Waals surface area contributed by atoms with Crippen LogP contribution in [-0.4, -0.2) is 11.1 Å². The molecule has 116 valence electrons. The van der Waals surface area contributed by atoms with Gasteiger partial charge in [-0.2, -0.15) is 13.2 Å². The van der Waals surface area contributed by atoms with E-state index in [1.54, 1.807) is 0 Å². The number of halogens is 6. The van der Waals surface area contributed by atoms with E-state index in [0.717, 1.165) is 6.07 Å². The van der Waals surface area contributed by atoms with Crippen molar-refractivity contribution in [2.45, 2.75) is 6.18 Å². The average Bonchev–Trinajstić information content (AvgIpc) is 2.40. The lowest BCUT2D eigenvalue weighted by molar-refractivity contribution is -0.137. The third-order valence-corrected chi connectivity index (χ3v) is 2.90. The van der Waals surface area contributed by atoms with Gasteiger partial charge in [0.25, 0.3) is 0 Å². The molecule has 0 atom stereocenters. The molecule has 0 fully saturated rings. The molecule has 0 radical (unpaired) electrons. The first kappa shape index (κ1) is 15.9. The van der Waals surface area contributed by atoms with E-state index in [0.29, 0.717) is 18.2 Å². The standard InChI is InChI=1S/C14H6F6O2/c15-10-5-6(14(18,19)20)1-2-7(10)8-3-4-9(13(21)22)12(17)11(8)16/h1-5H,(H,21,22). The molecule has 1 N–H and O–H groups in total. The van der Waals surface area contributed by atoms with Gasteiger partial charge in [0.1, 0.15) is 5.82 Å². The van der Waals surface area contributed by atoms with Crippen LogP contribution in [0.5, 0.6) is 0 Å². The first-order valence-electron chi connectivity index (χ1n) is 5.71. The fourth-order valence-corrected chi connectivity index (χ4v) is 1.83. The van der Waals surface area contributed by atoms with Gasteiger partial charge in [0, 0.05) is 11.1 Å². The fourth-order valence-electron chi connectivity index (χ4n) is 1.83. The van der Waals surface area contributed by atoms with E-state index in [1.165, 1.54) is 0 Å². The second kappa shape index (κ2) is 5.36. The predicted octanol–water partition coefficient (Wildman–Crippen LogP) is 4.49. The summed E-state index contributed by atoms with van der Waals surface area (Å²) in [7, 11) is 0. The summed E-state index contributed by atoms with van der Waals surface area (Å²) in [6.07, 6.45) is -4.78. The predicted molar refractivity (Wildman–Crippen MR) is 63.7 cm³/mol. The van der Waals surface area contributed by atoms with Crippen LogP contribution < -0.4 is 0 Å². The minimum atomic E-state index is -4.78. The molecule has 2 rings (SSSR count). The summed E-state index contributed by atoms with van der Waals surface area (Å²) in [5, 5.41) is 8.63. The van der Waals surface area contributed by atoms with Crippen LogP contribution in [0.4, 0.5) is 26.3 Å². The Kier molecular flexibility index (Phi) is 3.87. The molecule has 22 heavy (non-hydrogen) atoms. The average molecular weight is 320 g/mol. The minimum Gasteiger partial charge on any atom is -0.478 e. The van der Waals surface area contributed by atoms with Crippen LogP contribution >= 0.6 is 0 Å². The molecule has 0 unspecified atom stereocenters. The summed E-state index contributed by atoms with van der Waals surface area (Å²) in [5.41, 5.74) is -3.53. The van der Waals surface area contributed by atoms with Crippen molar-refractivity contribution in [1.82, 2.24) is 0 Å². The first-order chi connectivity index (χ1) is 10.1. The molecule has 2 nitrogen and oxygen atoms in total. The number of benzene rings is 2. The topological polar surface area (TPSA) is 37.3 Å². The van der Waals surface area contributed by atoms with E-state index in [-0.39, 0.29) is 6.07 Å². The molecule has 0 aliphatic heterocycles. The van der Waals surface area contributed by atoms with Gasteiger partial charge in [0.05, 0.1) is 11.1 Å². The van der Waals surface area contributed by atoms with Gasteiger partial charge >= 0.3 is 12.1 Å². The van der Waals surface area contributed by atoms with Crippen LogP contribution in [0.3, 0.4) is 0 Å². The van der Waals surface area contributed by atoms with Crippen molar-refractivity contribution < 1.29 is 36.2 Å². The molecule has 0 heterocycles. The smallest absolute Gasteiger partial charge is 0.416 e. The van der Waals surface area contributed by atoms with Crippen LogP contribution in [-0.2, 0) is 6.18 Å². The third kappa shape index (κ3) is 2.76. The SMILES string of the molecule is O=C(O)c1ccc(-c2ccc(C(F)(F)F)cc2F)c(F)c1F. The normalized spacial score (nSPS) is 11.5. The number of carbonyl (C=O) groups is 1. The van der Waals surface area contributed by atoms with E-state index >= 15 is 0 Å². The maximum absolute atomic E-state index is 13.8. The molecule has 2 aromatic carbocycles. The molecule has 0 aromatic heterocycles. The molecule has 8 heteroatoms. The molecule has 2 aromatic rings. The van der Waals surface area contributed by atoms with Gasteiger partial charge in [-0.25, -0.2) is 18.0 Å². The lowest BCUT2D eigenvalue weighted by Gasteiger charge is -2.11. The van der Waals surface area contributed by atoms with Gasteiger partial charge in [-0.1, -0.05) is 12.1 Å². The molecule has 0 saturated heterocycles. The minimum absolute atomic E-state index is 0.151. The van der Waals surface area contributed by atoms with Crippen LogP contribution in [0.2, 0.25) is 0 Å². The summed E-state index contributed by atoms with van der Waals surface area (Å²) in [6, 6.07) is 2.80. The van der Waals surface area contributed by atoms with Crippen LogP contribution in [0.1, 0.15) is 15.9 Å². The Morgan fingerprint density at radius 1 is 0.909 bits per heavy atom. The van der Waals surface area contributed by atoms with Gasteiger partial charge in [-0.3, -0.25) is 0 Å². The molecule has 0 bridgehead atoms. The van der Waals surface area contributed by atoms with Crippen molar-refractivity contribution in [3.63, 3.8) is 0 Å². The monoisotopic (exact) mass is 320 g/mol. The van der Waals surface area contributed by atoms with Crippen molar-refractivity contribution in [2.75, 3.05) is 0 Å². The Labute approximate surface area is 119 Å². The highest BCUT2D eigenvalue weighted by molar-refractivity contribution is 5.88. The Balaban J connectivity index is 2.58. The molecule has 0 amide bonds. The molecule has 0 saturated carbocycles. The van der Waals surface area contributed by atoms with Crippen molar-refractivity contribution in [1.29, 1.82) is 0 Å². The maximum atomic E-state index is 13.8. The first-order valence-corrected chi connectivity index (χ1v) is 5.71. The summed E-state index contributed by atoms with van der Waals surface area (Å²) < 4.78 is 78.3. The highest BCUT2D eigenvalue weighted by Gasteiger charge is 2.31. The quantitative estimate of drug-likeness (QED) is 0.828. The van der Waals surface area contributed by atoms with E-state index < -0.39 is 51.9 Å². The number of carboxylic acids is 1. The summed E-state index contributed by atoms with van der Waals surface area (Å²) in [6.45, 7) is 0. The summed E-state index contributed by atoms with van der Waals surface area (Å²) >= 11 is 0. The van der Waals surface area contributed by atoms with Gasteiger partial charge < -0.3 is 5.11 Å². The van der Waals surface area contributed by atoms with Crippen molar-refractivity contribution in [3.05, 3.63) is 58.9 Å². The Hall–Kier alpha value is -2.51. The van der Waals surface area contributed by atoms with Crippen molar-refractivity contribution >= 4 is 5.97 Å². The summed E-state index contributed by atoms with van der Waals surface area (Å²) in [4.78, 5) is 10.6. The second-order valence-corrected chi connectivity index (χ2v) is 4.29. The molecule has 0 aliphatic rings. The van der Waals surface area contributed by atoms with Gasteiger partial charge in [-0.05, 0) is 18.2 Å². The van der Waals surface area contributed by atoms with E-state index in [9.17, 15) is 31.1 Å². The molecule has 0 aliphatic carbocycles. The molecular weight excluding hydrogens is 314 g/mol. The van der Waals surface area contributed by atoms with Crippen LogP contribution in [0.25, 0.3) is 11.1 Å². The zero-order chi connectivity index (χ0) is 16.7. The maximum Gasteiger partial charge on any atom is 0.416 e. The van der Waals surface area contributed by atoms with Crippen molar-refractivity contribution in [2.24, 2.45) is 0 Å².